The van der Waals surface area contributed by atoms with E-state index in [0.29, 0.717) is 23.1 Å². The summed E-state index contributed by atoms with van der Waals surface area (Å²) in [6.07, 6.45) is 4.65. The highest BCUT2D eigenvalue weighted by Crippen LogP contribution is 2.38. The van der Waals surface area contributed by atoms with Crippen LogP contribution in [0.15, 0.2) is 59.3 Å². The summed E-state index contributed by atoms with van der Waals surface area (Å²) in [4.78, 5) is 28.4. The van der Waals surface area contributed by atoms with Gasteiger partial charge in [0.15, 0.2) is 0 Å². The highest BCUT2D eigenvalue weighted by molar-refractivity contribution is 6.31. The number of hydrogen-bond donors (Lipinski definition) is 2. The molecule has 10 heteroatoms. The van der Waals surface area contributed by atoms with Gasteiger partial charge in [-0.2, -0.15) is 0 Å². The van der Waals surface area contributed by atoms with Gasteiger partial charge >= 0.3 is 12.1 Å². The molecule has 5 rings (SSSR count). The fraction of sp³-hybridized carbons (Fsp3) is 0.393. The Kier molecular flexibility index (Phi) is 7.74. The molecule has 0 spiro atoms. The molecule has 2 N–H and O–H groups in total. The predicted octanol–water partition coefficient (Wildman–Crippen LogP) is 5.90. The van der Waals surface area contributed by atoms with Crippen LogP contribution < -0.4 is 15.1 Å². The van der Waals surface area contributed by atoms with E-state index in [1.165, 1.54) is 6.20 Å². The number of halogens is 1. The molecule has 0 radical (unpaired) electrons. The van der Waals surface area contributed by atoms with E-state index >= 15 is 0 Å². The summed E-state index contributed by atoms with van der Waals surface area (Å²) in [6.45, 7) is 3.22. The fourth-order valence-corrected chi connectivity index (χ4v) is 5.90. The van der Waals surface area contributed by atoms with Crippen LogP contribution in [-0.2, 0) is 16.0 Å². The molecule has 1 saturated heterocycles. The van der Waals surface area contributed by atoms with Crippen molar-refractivity contribution in [3.05, 3.63) is 70.9 Å². The molecule has 1 aliphatic carbocycles. The summed E-state index contributed by atoms with van der Waals surface area (Å²) in [5.74, 6) is -0.307. The van der Waals surface area contributed by atoms with Crippen molar-refractivity contribution in [2.75, 3.05) is 28.2 Å². The number of nitrogens with zero attached hydrogens (tertiary/aromatic N) is 3. The number of anilines is 3. The van der Waals surface area contributed by atoms with Gasteiger partial charge in [0.25, 0.3) is 5.88 Å². The molecule has 2 aliphatic rings. The topological polar surface area (TPSA) is 108 Å². The Morgan fingerprint density at radius 2 is 1.79 bits per heavy atom. The predicted molar refractivity (Wildman–Crippen MR) is 145 cm³/mol. The normalized spacial score (nSPS) is 19.9. The number of hydrogen-bond acceptors (Lipinski definition) is 7. The van der Waals surface area contributed by atoms with Crippen molar-refractivity contribution < 1.29 is 24.0 Å². The number of nitrogens with one attached hydrogen (secondary N) is 1. The zero-order chi connectivity index (χ0) is 26.6. The first-order chi connectivity index (χ1) is 18.4. The number of rotatable bonds is 7. The molecule has 1 unspecified atom stereocenters. The van der Waals surface area contributed by atoms with Crippen LogP contribution in [0.5, 0.6) is 0 Å². The lowest BCUT2D eigenvalue weighted by Crippen LogP contribution is -2.61. The summed E-state index contributed by atoms with van der Waals surface area (Å²) < 4.78 is 11.2. The molecular formula is C28H31ClN4O5. The van der Waals surface area contributed by atoms with Crippen LogP contribution >= 0.6 is 11.6 Å². The van der Waals surface area contributed by atoms with E-state index in [9.17, 15) is 9.59 Å². The van der Waals surface area contributed by atoms with Crippen molar-refractivity contribution in [1.82, 2.24) is 5.16 Å². The van der Waals surface area contributed by atoms with E-state index in [1.807, 2.05) is 42.5 Å². The Morgan fingerprint density at radius 1 is 1.11 bits per heavy atom. The van der Waals surface area contributed by atoms with Gasteiger partial charge in [-0.3, -0.25) is 10.1 Å². The first kappa shape index (κ1) is 25.9. The van der Waals surface area contributed by atoms with Crippen LogP contribution in [0.3, 0.4) is 0 Å². The van der Waals surface area contributed by atoms with Gasteiger partial charge in [0, 0.05) is 35.4 Å². The highest BCUT2D eigenvalue weighted by Gasteiger charge is 2.40. The summed E-state index contributed by atoms with van der Waals surface area (Å²) in [7, 11) is 0. The number of aromatic nitrogens is 1. The molecule has 9 nitrogen and oxygen atoms in total. The van der Waals surface area contributed by atoms with Crippen LogP contribution in [0.2, 0.25) is 5.02 Å². The van der Waals surface area contributed by atoms with Crippen LogP contribution in [0.1, 0.15) is 49.8 Å². The molecule has 1 saturated carbocycles. The first-order valence-electron chi connectivity index (χ1n) is 12.9. The van der Waals surface area contributed by atoms with E-state index in [4.69, 9.17) is 26.0 Å². The van der Waals surface area contributed by atoms with Crippen molar-refractivity contribution in [2.45, 2.75) is 57.2 Å². The second-order valence-corrected chi connectivity index (χ2v) is 10.2. The van der Waals surface area contributed by atoms with Gasteiger partial charge in [0.05, 0.1) is 18.7 Å². The third kappa shape index (κ3) is 5.57. The number of piperazine rings is 1. The summed E-state index contributed by atoms with van der Waals surface area (Å²) in [5, 5.41) is 16.4. The number of fused-ring (bicyclic) bond motifs is 1. The maximum Gasteiger partial charge on any atom is 0.412 e. The largest absolute Gasteiger partial charge is 0.481 e. The lowest BCUT2D eigenvalue weighted by atomic mass is 9.86. The summed E-state index contributed by atoms with van der Waals surface area (Å²) in [5.41, 5.74) is 3.07. The molecule has 1 amide bonds. The van der Waals surface area contributed by atoms with Crippen molar-refractivity contribution in [1.29, 1.82) is 0 Å². The number of amides is 1. The van der Waals surface area contributed by atoms with Crippen LogP contribution in [0.25, 0.3) is 0 Å². The van der Waals surface area contributed by atoms with Gasteiger partial charge in [-0.15, -0.1) is 0 Å². The molecule has 1 aliphatic heterocycles. The third-order valence-electron chi connectivity index (χ3n) is 7.38. The minimum Gasteiger partial charge on any atom is -0.481 e. The van der Waals surface area contributed by atoms with Gasteiger partial charge in [0.2, 0.25) is 0 Å². The second kappa shape index (κ2) is 11.3. The van der Waals surface area contributed by atoms with E-state index in [0.717, 1.165) is 49.0 Å². The standard InChI is InChI=1S/C28H31ClN4O5/c1-18(21-6-2-3-7-22(21)29)37-28(36)31-23-17-30-38-27(23)33-15-14-32(24-8-4-5-9-25(24)33)20-12-10-19(11-13-20)16-26(34)35/h2-3,6-7,10-13,17-18,24-25H,4-5,8-9,14-16H2,1H3,(H,31,36)(H,34,35)/t18?,24-,25-/m1/s1. The molecule has 1 aromatic heterocycles. The maximum atomic E-state index is 12.7. The highest BCUT2D eigenvalue weighted by atomic mass is 35.5. The fourth-order valence-electron chi connectivity index (χ4n) is 5.61. The Morgan fingerprint density at radius 3 is 2.50 bits per heavy atom. The molecule has 2 fully saturated rings. The average molecular weight is 539 g/mol. The Bertz CT molecular complexity index is 1280. The molecule has 3 atom stereocenters. The first-order valence-corrected chi connectivity index (χ1v) is 13.3. The molecule has 2 aromatic carbocycles. The molecule has 38 heavy (non-hydrogen) atoms. The number of ether oxygens (including phenoxy) is 1. The van der Waals surface area contributed by atoms with E-state index in [2.05, 4.69) is 20.3 Å². The number of carboxylic acid groups (broad SMARTS) is 1. The monoisotopic (exact) mass is 538 g/mol. The summed E-state index contributed by atoms with van der Waals surface area (Å²) >= 11 is 6.25. The Labute approximate surface area is 226 Å². The molecule has 0 bridgehead atoms. The number of benzene rings is 2. The van der Waals surface area contributed by atoms with Crippen molar-refractivity contribution in [2.24, 2.45) is 0 Å². The zero-order valence-electron chi connectivity index (χ0n) is 21.2. The van der Waals surface area contributed by atoms with E-state index in [1.54, 1.807) is 13.0 Å². The minimum atomic E-state index is -0.836. The minimum absolute atomic E-state index is 0.0149. The molecule has 200 valence electrons. The van der Waals surface area contributed by atoms with Gasteiger partial charge in [0.1, 0.15) is 11.8 Å². The number of aliphatic carboxylic acids is 1. The molecule has 2 heterocycles. The number of carbonyl (C=O) groups excluding carboxylic acids is 1. The van der Waals surface area contributed by atoms with E-state index < -0.39 is 18.2 Å². The van der Waals surface area contributed by atoms with Crippen LogP contribution in [0.4, 0.5) is 22.1 Å². The Hall–Kier alpha value is -3.72. The molecular weight excluding hydrogens is 508 g/mol. The SMILES string of the molecule is CC(OC(=O)Nc1cnoc1N1CCN(c2ccc(CC(=O)O)cc2)[C@@H]2CCCC[C@H]21)c1ccccc1Cl. The Balaban J connectivity index is 1.29. The lowest BCUT2D eigenvalue weighted by molar-refractivity contribution is -0.136. The third-order valence-corrected chi connectivity index (χ3v) is 7.72. The number of carbonyl (C=O) groups is 2. The van der Waals surface area contributed by atoms with Crippen molar-refractivity contribution in [3.63, 3.8) is 0 Å². The van der Waals surface area contributed by atoms with Crippen LogP contribution in [-0.4, -0.2) is 47.5 Å². The van der Waals surface area contributed by atoms with Crippen LogP contribution in [0, 0.1) is 0 Å². The van der Waals surface area contributed by atoms with E-state index in [-0.39, 0.29) is 18.5 Å². The van der Waals surface area contributed by atoms with Gasteiger partial charge in [-0.25, -0.2) is 4.79 Å². The quantitative estimate of drug-likeness (QED) is 0.382. The molecule has 3 aromatic rings. The van der Waals surface area contributed by atoms with Crippen molar-refractivity contribution in [3.8, 4) is 0 Å². The average Bonchev–Trinajstić information content (AvgIpc) is 3.36. The lowest BCUT2D eigenvalue weighted by Gasteiger charge is -2.50. The van der Waals surface area contributed by atoms with Gasteiger partial charge in [-0.1, -0.05) is 59.9 Å². The maximum absolute atomic E-state index is 12.7. The van der Waals surface area contributed by atoms with Crippen molar-refractivity contribution >= 4 is 40.9 Å². The smallest absolute Gasteiger partial charge is 0.412 e. The number of carboxylic acids is 1. The zero-order valence-corrected chi connectivity index (χ0v) is 21.9. The summed E-state index contributed by atoms with van der Waals surface area (Å²) in [6, 6.07) is 15.5. The van der Waals surface area contributed by atoms with Gasteiger partial charge in [-0.05, 0) is 43.5 Å². The van der Waals surface area contributed by atoms with Gasteiger partial charge < -0.3 is 24.2 Å². The second-order valence-electron chi connectivity index (χ2n) is 9.78.